The van der Waals surface area contributed by atoms with Crippen LogP contribution in [0.4, 0.5) is 5.82 Å². The number of aromatic nitrogens is 4. The zero-order chi connectivity index (χ0) is 13.2. The molecule has 1 saturated heterocycles. The molecule has 102 valence electrons. The average Bonchev–Trinajstić information content (AvgIpc) is 3.05. The predicted octanol–water partition coefficient (Wildman–Crippen LogP) is 1.75. The standard InChI is InChI=1S/C13H19N5O/c1-3-18-12-11(9(2)17-18)15-8-16-13(12)14-7-10-5-4-6-19-10/h8,10H,3-7H2,1-2H3,(H,14,15,16)/t10-/m0/s1. The number of ether oxygens (including phenoxy) is 1. The fourth-order valence-electron chi connectivity index (χ4n) is 2.54. The van der Waals surface area contributed by atoms with Crippen molar-refractivity contribution < 1.29 is 4.74 Å². The zero-order valence-electron chi connectivity index (χ0n) is 11.4. The number of hydrogen-bond donors (Lipinski definition) is 1. The minimum atomic E-state index is 0.295. The monoisotopic (exact) mass is 261 g/mol. The van der Waals surface area contributed by atoms with Gasteiger partial charge in [0, 0.05) is 19.7 Å². The minimum absolute atomic E-state index is 0.295. The molecule has 0 spiro atoms. The fraction of sp³-hybridized carbons (Fsp3) is 0.615. The molecule has 3 rings (SSSR count). The summed E-state index contributed by atoms with van der Waals surface area (Å²) in [5, 5.41) is 7.87. The van der Waals surface area contributed by atoms with Gasteiger partial charge in [-0.1, -0.05) is 0 Å². The van der Waals surface area contributed by atoms with E-state index in [-0.39, 0.29) is 0 Å². The largest absolute Gasteiger partial charge is 0.376 e. The molecular weight excluding hydrogens is 242 g/mol. The van der Waals surface area contributed by atoms with Crippen molar-refractivity contribution in [3.8, 4) is 0 Å². The van der Waals surface area contributed by atoms with E-state index >= 15 is 0 Å². The number of aryl methyl sites for hydroxylation is 2. The van der Waals surface area contributed by atoms with Crippen molar-refractivity contribution in [2.75, 3.05) is 18.5 Å². The molecule has 0 bridgehead atoms. The second kappa shape index (κ2) is 5.13. The molecule has 1 N–H and O–H groups in total. The number of nitrogens with one attached hydrogen (secondary N) is 1. The van der Waals surface area contributed by atoms with Crippen molar-refractivity contribution in [3.63, 3.8) is 0 Å². The maximum atomic E-state index is 5.62. The van der Waals surface area contributed by atoms with Crippen LogP contribution in [0.2, 0.25) is 0 Å². The molecular formula is C13H19N5O. The van der Waals surface area contributed by atoms with Gasteiger partial charge >= 0.3 is 0 Å². The third kappa shape index (κ3) is 2.28. The van der Waals surface area contributed by atoms with E-state index in [4.69, 9.17) is 4.74 Å². The number of anilines is 1. The minimum Gasteiger partial charge on any atom is -0.376 e. The Labute approximate surface area is 112 Å². The van der Waals surface area contributed by atoms with E-state index in [1.807, 2.05) is 11.6 Å². The van der Waals surface area contributed by atoms with Crippen LogP contribution in [-0.4, -0.2) is 39.0 Å². The highest BCUT2D eigenvalue weighted by molar-refractivity contribution is 5.87. The molecule has 1 aliphatic rings. The van der Waals surface area contributed by atoms with E-state index in [1.54, 1.807) is 6.33 Å². The van der Waals surface area contributed by atoms with Crippen molar-refractivity contribution in [2.45, 2.75) is 39.3 Å². The van der Waals surface area contributed by atoms with E-state index in [1.165, 1.54) is 0 Å². The number of rotatable bonds is 4. The lowest BCUT2D eigenvalue weighted by Gasteiger charge is -2.12. The summed E-state index contributed by atoms with van der Waals surface area (Å²) in [5.74, 6) is 0.850. The Morgan fingerprint density at radius 2 is 2.37 bits per heavy atom. The van der Waals surface area contributed by atoms with Crippen LogP contribution < -0.4 is 5.32 Å². The molecule has 0 aliphatic carbocycles. The smallest absolute Gasteiger partial charge is 0.155 e. The van der Waals surface area contributed by atoms with Gasteiger partial charge in [-0.25, -0.2) is 9.97 Å². The molecule has 2 aromatic rings. The Balaban J connectivity index is 1.89. The summed E-state index contributed by atoms with van der Waals surface area (Å²) >= 11 is 0. The van der Waals surface area contributed by atoms with Crippen molar-refractivity contribution in [1.29, 1.82) is 0 Å². The molecule has 0 saturated carbocycles. The topological polar surface area (TPSA) is 64.9 Å². The van der Waals surface area contributed by atoms with Gasteiger partial charge in [0.05, 0.1) is 11.8 Å². The first-order valence-corrected chi connectivity index (χ1v) is 6.83. The zero-order valence-corrected chi connectivity index (χ0v) is 11.4. The van der Waals surface area contributed by atoms with Crippen LogP contribution in [0.5, 0.6) is 0 Å². The Morgan fingerprint density at radius 1 is 1.47 bits per heavy atom. The molecule has 2 aromatic heterocycles. The average molecular weight is 261 g/mol. The van der Waals surface area contributed by atoms with Gasteiger partial charge in [0.2, 0.25) is 0 Å². The molecule has 6 heteroatoms. The van der Waals surface area contributed by atoms with Crippen LogP contribution in [0.25, 0.3) is 11.0 Å². The van der Waals surface area contributed by atoms with Gasteiger partial charge in [0.15, 0.2) is 5.82 Å². The summed E-state index contributed by atoms with van der Waals surface area (Å²) in [4.78, 5) is 8.68. The number of nitrogens with zero attached hydrogens (tertiary/aromatic N) is 4. The third-order valence-electron chi connectivity index (χ3n) is 3.51. The third-order valence-corrected chi connectivity index (χ3v) is 3.51. The summed E-state index contributed by atoms with van der Waals surface area (Å²) in [7, 11) is 0. The van der Waals surface area contributed by atoms with Gasteiger partial charge in [-0.2, -0.15) is 5.10 Å². The summed E-state index contributed by atoms with van der Waals surface area (Å²) in [5.41, 5.74) is 2.85. The highest BCUT2D eigenvalue weighted by Gasteiger charge is 2.17. The summed E-state index contributed by atoms with van der Waals surface area (Å²) in [6, 6.07) is 0. The van der Waals surface area contributed by atoms with Gasteiger partial charge < -0.3 is 10.1 Å². The highest BCUT2D eigenvalue weighted by atomic mass is 16.5. The summed E-state index contributed by atoms with van der Waals surface area (Å²) < 4.78 is 7.57. The van der Waals surface area contributed by atoms with E-state index in [0.717, 1.165) is 55.1 Å². The lowest BCUT2D eigenvalue weighted by Crippen LogP contribution is -2.19. The van der Waals surface area contributed by atoms with Gasteiger partial charge in [-0.3, -0.25) is 4.68 Å². The highest BCUT2D eigenvalue weighted by Crippen LogP contribution is 2.22. The molecule has 0 amide bonds. The van der Waals surface area contributed by atoms with E-state index in [9.17, 15) is 0 Å². The molecule has 1 atom stereocenters. The quantitative estimate of drug-likeness (QED) is 0.908. The maximum Gasteiger partial charge on any atom is 0.155 e. The maximum absolute atomic E-state index is 5.62. The van der Waals surface area contributed by atoms with Crippen LogP contribution >= 0.6 is 0 Å². The molecule has 0 radical (unpaired) electrons. The van der Waals surface area contributed by atoms with Crippen molar-refractivity contribution >= 4 is 16.9 Å². The fourth-order valence-corrected chi connectivity index (χ4v) is 2.54. The molecule has 1 fully saturated rings. The number of hydrogen-bond acceptors (Lipinski definition) is 5. The van der Waals surface area contributed by atoms with Gasteiger partial charge in [-0.15, -0.1) is 0 Å². The van der Waals surface area contributed by atoms with Crippen LogP contribution in [0.15, 0.2) is 6.33 Å². The van der Waals surface area contributed by atoms with Crippen molar-refractivity contribution in [3.05, 3.63) is 12.0 Å². The Kier molecular flexibility index (Phi) is 3.33. The van der Waals surface area contributed by atoms with E-state index < -0.39 is 0 Å². The van der Waals surface area contributed by atoms with Crippen molar-refractivity contribution in [2.24, 2.45) is 0 Å². The van der Waals surface area contributed by atoms with Gasteiger partial charge in [0.25, 0.3) is 0 Å². The second-order valence-electron chi connectivity index (χ2n) is 4.84. The normalized spacial score (nSPS) is 19.2. The van der Waals surface area contributed by atoms with Crippen LogP contribution in [-0.2, 0) is 11.3 Å². The molecule has 6 nitrogen and oxygen atoms in total. The number of fused-ring (bicyclic) bond motifs is 1. The molecule has 0 aromatic carbocycles. The first-order valence-electron chi connectivity index (χ1n) is 6.83. The molecule has 19 heavy (non-hydrogen) atoms. The van der Waals surface area contributed by atoms with E-state index in [0.29, 0.717) is 6.10 Å². The Bertz CT molecular complexity index is 574. The van der Waals surface area contributed by atoms with Gasteiger partial charge in [0.1, 0.15) is 17.4 Å². The van der Waals surface area contributed by atoms with Crippen LogP contribution in [0.1, 0.15) is 25.5 Å². The lowest BCUT2D eigenvalue weighted by molar-refractivity contribution is 0.120. The lowest BCUT2D eigenvalue weighted by atomic mass is 10.2. The summed E-state index contributed by atoms with van der Waals surface area (Å²) in [6.45, 7) is 6.53. The SMILES string of the molecule is CCn1nc(C)c2ncnc(NC[C@@H]3CCCO3)c21. The van der Waals surface area contributed by atoms with Crippen LogP contribution in [0, 0.1) is 6.92 Å². The van der Waals surface area contributed by atoms with Crippen molar-refractivity contribution in [1.82, 2.24) is 19.7 Å². The first-order chi connectivity index (χ1) is 9.29. The Morgan fingerprint density at radius 3 is 3.11 bits per heavy atom. The first kappa shape index (κ1) is 12.3. The Hall–Kier alpha value is -1.69. The van der Waals surface area contributed by atoms with Crippen LogP contribution in [0.3, 0.4) is 0 Å². The van der Waals surface area contributed by atoms with Gasteiger partial charge in [-0.05, 0) is 26.7 Å². The predicted molar refractivity (Wildman–Crippen MR) is 73.2 cm³/mol. The van der Waals surface area contributed by atoms with E-state index in [2.05, 4.69) is 27.3 Å². The molecule has 3 heterocycles. The molecule has 0 unspecified atom stereocenters. The second-order valence-corrected chi connectivity index (χ2v) is 4.84. The molecule has 1 aliphatic heterocycles. The summed E-state index contributed by atoms with van der Waals surface area (Å²) in [6.07, 6.45) is 4.16.